The fourth-order valence-corrected chi connectivity index (χ4v) is 2.35. The van der Waals surface area contributed by atoms with Crippen LogP contribution < -0.4 is 11.1 Å². The SMILES string of the molecule is NC(=O)NCCn1c(CCl)nc2cc(F)c(Br)cc21. The Labute approximate surface area is 122 Å². The van der Waals surface area contributed by atoms with Gasteiger partial charge < -0.3 is 15.6 Å². The molecule has 1 heterocycles. The number of urea groups is 1. The van der Waals surface area contributed by atoms with Gasteiger partial charge in [-0.05, 0) is 22.0 Å². The van der Waals surface area contributed by atoms with E-state index in [9.17, 15) is 9.18 Å². The summed E-state index contributed by atoms with van der Waals surface area (Å²) in [7, 11) is 0. The number of halogens is 3. The van der Waals surface area contributed by atoms with E-state index in [1.807, 2.05) is 4.57 Å². The Bertz CT molecular complexity index is 631. The molecule has 1 aromatic carbocycles. The smallest absolute Gasteiger partial charge is 0.312 e. The quantitative estimate of drug-likeness (QED) is 0.832. The summed E-state index contributed by atoms with van der Waals surface area (Å²) in [6.07, 6.45) is 0. The van der Waals surface area contributed by atoms with E-state index in [1.165, 1.54) is 6.07 Å². The molecule has 0 unspecified atom stereocenters. The van der Waals surface area contributed by atoms with Crippen LogP contribution >= 0.6 is 27.5 Å². The molecule has 0 radical (unpaired) electrons. The number of carbonyl (C=O) groups is 1. The molecule has 5 nitrogen and oxygen atoms in total. The summed E-state index contributed by atoms with van der Waals surface area (Å²) in [5.41, 5.74) is 6.27. The number of primary amides is 1. The van der Waals surface area contributed by atoms with E-state index < -0.39 is 6.03 Å². The first-order valence-electron chi connectivity index (χ1n) is 5.46. The summed E-state index contributed by atoms with van der Waals surface area (Å²) in [6.45, 7) is 0.805. The van der Waals surface area contributed by atoms with Crippen LogP contribution in [0.15, 0.2) is 16.6 Å². The summed E-state index contributed by atoms with van der Waals surface area (Å²) < 4.78 is 15.6. The van der Waals surface area contributed by atoms with Gasteiger partial charge in [0, 0.05) is 19.2 Å². The number of benzene rings is 1. The van der Waals surface area contributed by atoms with Crippen molar-refractivity contribution in [3.8, 4) is 0 Å². The summed E-state index contributed by atoms with van der Waals surface area (Å²) in [5.74, 6) is 0.429. The zero-order chi connectivity index (χ0) is 14.0. The standard InChI is InChI=1S/C11H11BrClFN4O/c12-6-3-9-8(4-7(6)14)17-10(5-13)18(9)2-1-16-11(15)19/h3-4H,1-2,5H2,(H3,15,16,19). The molecular formula is C11H11BrClFN4O. The van der Waals surface area contributed by atoms with Crippen LogP contribution in [0.4, 0.5) is 9.18 Å². The number of hydrogen-bond acceptors (Lipinski definition) is 2. The molecule has 0 aliphatic heterocycles. The number of nitrogens with one attached hydrogen (secondary N) is 1. The van der Waals surface area contributed by atoms with Crippen LogP contribution in [0.1, 0.15) is 5.82 Å². The van der Waals surface area contributed by atoms with Gasteiger partial charge in [0.05, 0.1) is 21.4 Å². The van der Waals surface area contributed by atoms with Crippen LogP contribution in [0, 0.1) is 5.82 Å². The summed E-state index contributed by atoms with van der Waals surface area (Å²) >= 11 is 8.96. The van der Waals surface area contributed by atoms with Crippen LogP contribution in [0.5, 0.6) is 0 Å². The highest BCUT2D eigenvalue weighted by Crippen LogP contribution is 2.24. The van der Waals surface area contributed by atoms with Gasteiger partial charge >= 0.3 is 6.03 Å². The highest BCUT2D eigenvalue weighted by molar-refractivity contribution is 9.10. The van der Waals surface area contributed by atoms with Gasteiger partial charge in [-0.15, -0.1) is 11.6 Å². The van der Waals surface area contributed by atoms with Crippen molar-refractivity contribution >= 4 is 44.6 Å². The Kier molecular flexibility index (Phi) is 4.26. The second-order valence-electron chi connectivity index (χ2n) is 3.86. The zero-order valence-corrected chi connectivity index (χ0v) is 12.1. The van der Waals surface area contributed by atoms with Gasteiger partial charge in [-0.2, -0.15) is 0 Å². The third-order valence-corrected chi connectivity index (χ3v) is 3.47. The predicted octanol–water partition coefficient (Wildman–Crippen LogP) is 2.35. The zero-order valence-electron chi connectivity index (χ0n) is 9.79. The predicted molar refractivity (Wildman–Crippen MR) is 74.5 cm³/mol. The average molecular weight is 350 g/mol. The Morgan fingerprint density at radius 1 is 1.58 bits per heavy atom. The molecule has 0 aliphatic carbocycles. The van der Waals surface area contributed by atoms with E-state index >= 15 is 0 Å². The molecule has 102 valence electrons. The van der Waals surface area contributed by atoms with Gasteiger partial charge in [-0.1, -0.05) is 0 Å². The fraction of sp³-hybridized carbons (Fsp3) is 0.273. The maximum absolute atomic E-state index is 13.4. The lowest BCUT2D eigenvalue weighted by Crippen LogP contribution is -2.32. The molecule has 3 N–H and O–H groups in total. The first kappa shape index (κ1) is 14.1. The van der Waals surface area contributed by atoms with Crippen molar-refractivity contribution < 1.29 is 9.18 Å². The molecule has 8 heteroatoms. The lowest BCUT2D eigenvalue weighted by Gasteiger charge is -2.08. The number of nitrogens with zero attached hydrogens (tertiary/aromatic N) is 2. The van der Waals surface area contributed by atoms with E-state index in [-0.39, 0.29) is 11.7 Å². The van der Waals surface area contributed by atoms with Gasteiger partial charge in [0.25, 0.3) is 0 Å². The number of nitrogens with two attached hydrogens (primary N) is 1. The number of fused-ring (bicyclic) bond motifs is 1. The Hall–Kier alpha value is -1.34. The van der Waals surface area contributed by atoms with Gasteiger partial charge in [0.15, 0.2) is 0 Å². The van der Waals surface area contributed by atoms with Crippen molar-refractivity contribution in [3.05, 3.63) is 28.2 Å². The largest absolute Gasteiger partial charge is 0.352 e. The molecule has 2 rings (SSSR count). The Morgan fingerprint density at radius 3 is 2.95 bits per heavy atom. The first-order valence-corrected chi connectivity index (χ1v) is 6.79. The molecular weight excluding hydrogens is 339 g/mol. The third kappa shape index (κ3) is 2.98. The molecule has 0 aliphatic rings. The van der Waals surface area contributed by atoms with Gasteiger partial charge in [0.1, 0.15) is 11.6 Å². The van der Waals surface area contributed by atoms with Crippen LogP contribution in [0.3, 0.4) is 0 Å². The van der Waals surface area contributed by atoms with Crippen molar-refractivity contribution in [2.75, 3.05) is 6.54 Å². The number of hydrogen-bond donors (Lipinski definition) is 2. The van der Waals surface area contributed by atoms with Crippen LogP contribution in [-0.4, -0.2) is 22.1 Å². The number of aromatic nitrogens is 2. The van der Waals surface area contributed by atoms with Crippen LogP contribution in [0.2, 0.25) is 0 Å². The minimum absolute atomic E-state index is 0.199. The normalized spacial score (nSPS) is 10.9. The third-order valence-electron chi connectivity index (χ3n) is 2.62. The van der Waals surface area contributed by atoms with E-state index in [2.05, 4.69) is 26.2 Å². The molecule has 0 saturated heterocycles. The van der Waals surface area contributed by atoms with Crippen molar-refractivity contribution in [1.82, 2.24) is 14.9 Å². The number of carbonyl (C=O) groups excluding carboxylic acids is 1. The molecule has 2 aromatic rings. The molecule has 0 spiro atoms. The Balaban J connectivity index is 2.39. The minimum atomic E-state index is -0.593. The second-order valence-corrected chi connectivity index (χ2v) is 4.98. The minimum Gasteiger partial charge on any atom is -0.352 e. The Morgan fingerprint density at radius 2 is 2.32 bits per heavy atom. The second kappa shape index (κ2) is 5.75. The molecule has 0 saturated carbocycles. The maximum atomic E-state index is 13.4. The lowest BCUT2D eigenvalue weighted by molar-refractivity contribution is 0.248. The van der Waals surface area contributed by atoms with Crippen molar-refractivity contribution in [1.29, 1.82) is 0 Å². The van der Waals surface area contributed by atoms with Gasteiger partial charge in [-0.3, -0.25) is 0 Å². The van der Waals surface area contributed by atoms with Gasteiger partial charge in [0.2, 0.25) is 0 Å². The molecule has 2 amide bonds. The molecule has 0 fully saturated rings. The average Bonchev–Trinajstić information content (AvgIpc) is 2.67. The van der Waals surface area contributed by atoms with Crippen molar-refractivity contribution in [2.45, 2.75) is 12.4 Å². The highest BCUT2D eigenvalue weighted by atomic mass is 79.9. The molecule has 0 atom stereocenters. The van der Waals surface area contributed by atoms with E-state index in [1.54, 1.807) is 6.07 Å². The number of rotatable bonds is 4. The monoisotopic (exact) mass is 348 g/mol. The number of alkyl halides is 1. The first-order chi connectivity index (χ1) is 9.02. The molecule has 1 aromatic heterocycles. The van der Waals surface area contributed by atoms with Crippen LogP contribution in [0.25, 0.3) is 11.0 Å². The lowest BCUT2D eigenvalue weighted by atomic mass is 10.3. The van der Waals surface area contributed by atoms with Crippen molar-refractivity contribution in [3.63, 3.8) is 0 Å². The van der Waals surface area contributed by atoms with Gasteiger partial charge in [-0.25, -0.2) is 14.2 Å². The molecule has 19 heavy (non-hydrogen) atoms. The maximum Gasteiger partial charge on any atom is 0.312 e. The summed E-state index contributed by atoms with van der Waals surface area (Å²) in [6, 6.07) is 2.38. The number of imidazole rings is 1. The van der Waals surface area contributed by atoms with E-state index in [0.717, 1.165) is 5.52 Å². The highest BCUT2D eigenvalue weighted by Gasteiger charge is 2.12. The summed E-state index contributed by atoms with van der Waals surface area (Å²) in [4.78, 5) is 14.9. The number of amides is 2. The topological polar surface area (TPSA) is 72.9 Å². The van der Waals surface area contributed by atoms with E-state index in [4.69, 9.17) is 17.3 Å². The molecule has 0 bridgehead atoms. The summed E-state index contributed by atoms with van der Waals surface area (Å²) in [5, 5.41) is 2.49. The van der Waals surface area contributed by atoms with Crippen molar-refractivity contribution in [2.24, 2.45) is 5.73 Å². The van der Waals surface area contributed by atoms with E-state index in [0.29, 0.717) is 28.9 Å². The van der Waals surface area contributed by atoms with Crippen LogP contribution in [-0.2, 0) is 12.4 Å². The fourth-order valence-electron chi connectivity index (χ4n) is 1.81.